The lowest BCUT2D eigenvalue weighted by Crippen LogP contribution is -2.54. The molecule has 0 aromatic rings. The van der Waals surface area contributed by atoms with Crippen LogP contribution in [0.1, 0.15) is 46.0 Å². The van der Waals surface area contributed by atoms with Crippen LogP contribution >= 0.6 is 0 Å². The fourth-order valence-corrected chi connectivity index (χ4v) is 2.56. The molecule has 2 amide bonds. The Balaban J connectivity index is 2.68. The number of hydrogen-bond donors (Lipinski definition) is 3. The van der Waals surface area contributed by atoms with E-state index >= 15 is 0 Å². The molecule has 1 rings (SSSR count). The summed E-state index contributed by atoms with van der Waals surface area (Å²) >= 11 is 0. The fraction of sp³-hybridized carbons (Fsp3) is 0.857. The molecule has 0 bridgehead atoms. The molecule has 0 saturated heterocycles. The zero-order chi connectivity index (χ0) is 14.3. The molecule has 5 nitrogen and oxygen atoms in total. The Bertz CT molecular complexity index is 301. The van der Waals surface area contributed by atoms with Crippen molar-refractivity contribution in [3.63, 3.8) is 0 Å². The Morgan fingerprint density at radius 1 is 1.16 bits per heavy atom. The number of carbonyl (C=O) groups is 2. The van der Waals surface area contributed by atoms with Gasteiger partial charge in [-0.3, -0.25) is 9.59 Å². The maximum atomic E-state index is 12.1. The average molecular weight is 269 g/mol. The highest BCUT2D eigenvalue weighted by molar-refractivity contribution is 5.89. The lowest BCUT2D eigenvalue weighted by Gasteiger charge is -2.30. The Morgan fingerprint density at radius 3 is 2.32 bits per heavy atom. The number of hydrogen-bond acceptors (Lipinski definition) is 3. The van der Waals surface area contributed by atoms with Gasteiger partial charge in [0.2, 0.25) is 11.8 Å². The second kappa shape index (κ2) is 8.15. The molecular weight excluding hydrogens is 242 g/mol. The Labute approximate surface area is 115 Å². The molecule has 0 aromatic heterocycles. The Kier molecular flexibility index (Phi) is 6.84. The standard InChI is InChI=1S/C14H27N3O2/c1-4-16-14(19)12(11-8-6-5-7-9-11)17-13(18)10(2)15-3/h10-12,15H,4-9H2,1-3H3,(H,16,19)(H,17,18). The summed E-state index contributed by atoms with van der Waals surface area (Å²) in [5.74, 6) is 0.115. The topological polar surface area (TPSA) is 70.2 Å². The summed E-state index contributed by atoms with van der Waals surface area (Å²) in [6.45, 7) is 4.29. The smallest absolute Gasteiger partial charge is 0.242 e. The average Bonchev–Trinajstić information content (AvgIpc) is 2.44. The highest BCUT2D eigenvalue weighted by Gasteiger charge is 2.31. The first-order valence-electron chi connectivity index (χ1n) is 7.35. The molecule has 1 saturated carbocycles. The summed E-state index contributed by atoms with van der Waals surface area (Å²) in [5, 5.41) is 8.64. The van der Waals surface area contributed by atoms with Crippen LogP contribution in [-0.4, -0.2) is 37.5 Å². The van der Waals surface area contributed by atoms with Crippen LogP contribution in [0.4, 0.5) is 0 Å². The second-order valence-corrected chi connectivity index (χ2v) is 5.29. The molecule has 1 aliphatic carbocycles. The van der Waals surface area contributed by atoms with Gasteiger partial charge < -0.3 is 16.0 Å². The molecule has 2 atom stereocenters. The van der Waals surface area contributed by atoms with Gasteiger partial charge in [-0.05, 0) is 39.7 Å². The number of amides is 2. The van der Waals surface area contributed by atoms with Crippen molar-refractivity contribution < 1.29 is 9.59 Å². The summed E-state index contributed by atoms with van der Waals surface area (Å²) in [7, 11) is 1.74. The van der Waals surface area contributed by atoms with Crippen LogP contribution in [0.3, 0.4) is 0 Å². The van der Waals surface area contributed by atoms with E-state index in [9.17, 15) is 9.59 Å². The molecule has 1 aliphatic rings. The van der Waals surface area contributed by atoms with Crippen molar-refractivity contribution in [2.45, 2.75) is 58.0 Å². The van der Waals surface area contributed by atoms with Gasteiger partial charge in [-0.25, -0.2) is 0 Å². The minimum absolute atomic E-state index is 0.0500. The molecule has 0 aliphatic heterocycles. The fourth-order valence-electron chi connectivity index (χ4n) is 2.56. The van der Waals surface area contributed by atoms with Gasteiger partial charge >= 0.3 is 0 Å². The van der Waals surface area contributed by atoms with E-state index < -0.39 is 0 Å². The molecule has 19 heavy (non-hydrogen) atoms. The second-order valence-electron chi connectivity index (χ2n) is 5.29. The van der Waals surface area contributed by atoms with Gasteiger partial charge in [0.1, 0.15) is 6.04 Å². The van der Waals surface area contributed by atoms with E-state index in [1.54, 1.807) is 14.0 Å². The Hall–Kier alpha value is -1.10. The highest BCUT2D eigenvalue weighted by Crippen LogP contribution is 2.26. The molecule has 0 heterocycles. The number of likely N-dealkylation sites (N-methyl/N-ethyl adjacent to an activating group) is 2. The van der Waals surface area contributed by atoms with E-state index in [1.807, 2.05) is 6.92 Å². The van der Waals surface area contributed by atoms with Gasteiger partial charge in [0.05, 0.1) is 6.04 Å². The molecule has 0 spiro atoms. The van der Waals surface area contributed by atoms with Crippen LogP contribution < -0.4 is 16.0 Å². The lowest BCUT2D eigenvalue weighted by atomic mass is 9.83. The zero-order valence-electron chi connectivity index (χ0n) is 12.3. The Morgan fingerprint density at radius 2 is 1.79 bits per heavy atom. The van der Waals surface area contributed by atoms with Crippen LogP contribution in [0, 0.1) is 5.92 Å². The van der Waals surface area contributed by atoms with Gasteiger partial charge in [-0.1, -0.05) is 19.3 Å². The summed E-state index contributed by atoms with van der Waals surface area (Å²) in [6.07, 6.45) is 5.58. The van der Waals surface area contributed by atoms with Crippen LogP contribution in [0.25, 0.3) is 0 Å². The van der Waals surface area contributed by atoms with E-state index in [1.165, 1.54) is 6.42 Å². The van der Waals surface area contributed by atoms with E-state index in [2.05, 4.69) is 16.0 Å². The minimum Gasteiger partial charge on any atom is -0.355 e. The number of rotatable bonds is 6. The molecule has 2 unspecified atom stereocenters. The van der Waals surface area contributed by atoms with Gasteiger partial charge in [0.15, 0.2) is 0 Å². The molecule has 110 valence electrons. The maximum Gasteiger partial charge on any atom is 0.242 e. The van der Waals surface area contributed by atoms with Crippen molar-refractivity contribution in [2.24, 2.45) is 5.92 Å². The molecule has 5 heteroatoms. The van der Waals surface area contributed by atoms with Crippen LogP contribution in [0.5, 0.6) is 0 Å². The highest BCUT2D eigenvalue weighted by atomic mass is 16.2. The van der Waals surface area contributed by atoms with Crippen molar-refractivity contribution in [2.75, 3.05) is 13.6 Å². The quantitative estimate of drug-likeness (QED) is 0.668. The van der Waals surface area contributed by atoms with Crippen molar-refractivity contribution >= 4 is 11.8 Å². The van der Waals surface area contributed by atoms with Gasteiger partial charge in [0, 0.05) is 6.54 Å². The van der Waals surface area contributed by atoms with Gasteiger partial charge in [0.25, 0.3) is 0 Å². The summed E-state index contributed by atoms with van der Waals surface area (Å²) in [6, 6.07) is -0.663. The predicted molar refractivity (Wildman–Crippen MR) is 75.7 cm³/mol. The first-order valence-corrected chi connectivity index (χ1v) is 7.35. The predicted octanol–water partition coefficient (Wildman–Crippen LogP) is 0.795. The normalized spacial score (nSPS) is 19.5. The zero-order valence-corrected chi connectivity index (χ0v) is 12.3. The largest absolute Gasteiger partial charge is 0.355 e. The first kappa shape index (κ1) is 16.0. The lowest BCUT2D eigenvalue weighted by molar-refractivity contribution is -0.131. The van der Waals surface area contributed by atoms with Gasteiger partial charge in [-0.2, -0.15) is 0 Å². The van der Waals surface area contributed by atoms with E-state index in [4.69, 9.17) is 0 Å². The van der Waals surface area contributed by atoms with E-state index in [0.717, 1.165) is 25.7 Å². The summed E-state index contributed by atoms with van der Waals surface area (Å²) in [4.78, 5) is 24.1. The van der Waals surface area contributed by atoms with Crippen LogP contribution in [-0.2, 0) is 9.59 Å². The summed E-state index contributed by atoms with van der Waals surface area (Å²) in [5.41, 5.74) is 0. The monoisotopic (exact) mass is 269 g/mol. The third kappa shape index (κ3) is 4.82. The van der Waals surface area contributed by atoms with Gasteiger partial charge in [-0.15, -0.1) is 0 Å². The SMILES string of the molecule is CCNC(=O)C(NC(=O)C(C)NC)C1CCCCC1. The van der Waals surface area contributed by atoms with Crippen LogP contribution in [0.15, 0.2) is 0 Å². The van der Waals surface area contributed by atoms with Crippen molar-refractivity contribution in [3.8, 4) is 0 Å². The minimum atomic E-state index is -0.386. The summed E-state index contributed by atoms with van der Waals surface area (Å²) < 4.78 is 0. The number of nitrogens with one attached hydrogen (secondary N) is 3. The molecular formula is C14H27N3O2. The van der Waals surface area contributed by atoms with Crippen molar-refractivity contribution in [1.82, 2.24) is 16.0 Å². The van der Waals surface area contributed by atoms with Crippen molar-refractivity contribution in [3.05, 3.63) is 0 Å². The molecule has 0 radical (unpaired) electrons. The first-order chi connectivity index (χ1) is 9.10. The third-order valence-electron chi connectivity index (χ3n) is 3.88. The molecule has 0 aromatic carbocycles. The molecule has 1 fully saturated rings. The number of carbonyl (C=O) groups excluding carboxylic acids is 2. The van der Waals surface area contributed by atoms with Crippen molar-refractivity contribution in [1.29, 1.82) is 0 Å². The maximum absolute atomic E-state index is 12.1. The van der Waals surface area contributed by atoms with E-state index in [-0.39, 0.29) is 29.8 Å². The van der Waals surface area contributed by atoms with E-state index in [0.29, 0.717) is 6.54 Å². The molecule has 3 N–H and O–H groups in total. The van der Waals surface area contributed by atoms with Crippen LogP contribution in [0.2, 0.25) is 0 Å². The third-order valence-corrected chi connectivity index (χ3v) is 3.88.